The summed E-state index contributed by atoms with van der Waals surface area (Å²) >= 11 is 3.67. The topological polar surface area (TPSA) is 26.3 Å². The van der Waals surface area contributed by atoms with Crippen molar-refractivity contribution in [3.63, 3.8) is 0 Å². The molecule has 0 radical (unpaired) electrons. The van der Waals surface area contributed by atoms with Gasteiger partial charge in [-0.05, 0) is 23.8 Å². The standard InChI is InChI=1S/C17H26O2S2/c1-12(18)19-11-13-8-14(20-16(2,3)4)10-15(9-13)21-17(5,6)7/h8-10H,11H2,1-7H3. The average molecular weight is 327 g/mol. The maximum absolute atomic E-state index is 11.0. The molecule has 4 heteroatoms. The van der Waals surface area contributed by atoms with Crippen LogP contribution in [-0.2, 0) is 16.1 Å². The molecule has 0 unspecified atom stereocenters. The lowest BCUT2D eigenvalue weighted by molar-refractivity contribution is -0.142. The molecule has 0 aliphatic heterocycles. The number of benzene rings is 1. The second-order valence-electron chi connectivity index (χ2n) is 7.02. The lowest BCUT2D eigenvalue weighted by Crippen LogP contribution is -2.08. The minimum atomic E-state index is -0.242. The highest BCUT2D eigenvalue weighted by Gasteiger charge is 2.17. The smallest absolute Gasteiger partial charge is 0.302 e. The molecule has 118 valence electrons. The molecule has 21 heavy (non-hydrogen) atoms. The van der Waals surface area contributed by atoms with Gasteiger partial charge >= 0.3 is 5.97 Å². The van der Waals surface area contributed by atoms with E-state index in [1.54, 1.807) is 0 Å². The third-order valence-electron chi connectivity index (χ3n) is 2.23. The Morgan fingerprint density at radius 2 is 1.38 bits per heavy atom. The van der Waals surface area contributed by atoms with Crippen molar-refractivity contribution in [3.05, 3.63) is 23.8 Å². The summed E-state index contributed by atoms with van der Waals surface area (Å²) in [5.41, 5.74) is 1.05. The van der Waals surface area contributed by atoms with Crippen molar-refractivity contribution in [2.75, 3.05) is 0 Å². The molecule has 1 rings (SSSR count). The molecular weight excluding hydrogens is 300 g/mol. The number of carbonyl (C=O) groups excluding carboxylic acids is 1. The number of thioether (sulfide) groups is 2. The summed E-state index contributed by atoms with van der Waals surface area (Å²) < 4.78 is 5.45. The second kappa shape index (κ2) is 7.10. The second-order valence-corrected chi connectivity index (χ2v) is 10.8. The molecule has 0 spiro atoms. The van der Waals surface area contributed by atoms with Gasteiger partial charge in [0.05, 0.1) is 0 Å². The molecule has 0 bridgehead atoms. The van der Waals surface area contributed by atoms with Crippen molar-refractivity contribution in [2.24, 2.45) is 0 Å². The SMILES string of the molecule is CC(=O)OCc1cc(SC(C)(C)C)cc(SC(C)(C)C)c1. The third kappa shape index (κ3) is 8.42. The van der Waals surface area contributed by atoms with Gasteiger partial charge in [0.15, 0.2) is 0 Å². The normalized spacial score (nSPS) is 12.3. The van der Waals surface area contributed by atoms with E-state index < -0.39 is 0 Å². The molecular formula is C17H26O2S2. The molecule has 0 fully saturated rings. The summed E-state index contributed by atoms with van der Waals surface area (Å²) in [6.07, 6.45) is 0. The predicted octanol–water partition coefficient (Wildman–Crippen LogP) is 5.53. The van der Waals surface area contributed by atoms with Crippen molar-refractivity contribution in [2.45, 2.75) is 74.4 Å². The fourth-order valence-electron chi connectivity index (χ4n) is 1.72. The van der Waals surface area contributed by atoms with E-state index >= 15 is 0 Å². The van der Waals surface area contributed by atoms with Crippen LogP contribution >= 0.6 is 23.5 Å². The number of esters is 1. The Hall–Kier alpha value is -0.610. The largest absolute Gasteiger partial charge is 0.461 e. The molecule has 0 saturated heterocycles. The van der Waals surface area contributed by atoms with Crippen molar-refractivity contribution in [1.29, 1.82) is 0 Å². The zero-order valence-electron chi connectivity index (χ0n) is 14.1. The number of hydrogen-bond donors (Lipinski definition) is 0. The molecule has 1 aromatic rings. The van der Waals surface area contributed by atoms with Crippen molar-refractivity contribution in [3.8, 4) is 0 Å². The van der Waals surface area contributed by atoms with Crippen LogP contribution in [0.1, 0.15) is 54.0 Å². The summed E-state index contributed by atoms with van der Waals surface area (Å²) in [5.74, 6) is -0.242. The number of rotatable bonds is 4. The lowest BCUT2D eigenvalue weighted by atomic mass is 10.2. The zero-order chi connectivity index (χ0) is 16.3. The van der Waals surface area contributed by atoms with E-state index in [-0.39, 0.29) is 15.5 Å². The Bertz CT molecular complexity index is 462. The Morgan fingerprint density at radius 3 is 1.71 bits per heavy atom. The number of ether oxygens (including phenoxy) is 1. The first kappa shape index (κ1) is 18.4. The summed E-state index contributed by atoms with van der Waals surface area (Å²) in [5, 5.41) is 0. The van der Waals surface area contributed by atoms with Gasteiger partial charge in [0.2, 0.25) is 0 Å². The highest BCUT2D eigenvalue weighted by atomic mass is 32.2. The minimum absolute atomic E-state index is 0.156. The van der Waals surface area contributed by atoms with E-state index in [1.807, 2.05) is 23.5 Å². The van der Waals surface area contributed by atoms with E-state index in [9.17, 15) is 4.79 Å². The Kier molecular flexibility index (Phi) is 6.23. The Balaban J connectivity index is 3.04. The van der Waals surface area contributed by atoms with Crippen LogP contribution in [0.3, 0.4) is 0 Å². The van der Waals surface area contributed by atoms with Gasteiger partial charge in [0.1, 0.15) is 6.61 Å². The van der Waals surface area contributed by atoms with E-state index in [1.165, 1.54) is 16.7 Å². The van der Waals surface area contributed by atoms with Crippen LogP contribution in [0.4, 0.5) is 0 Å². The first-order valence-electron chi connectivity index (χ1n) is 7.10. The molecule has 0 saturated carbocycles. The Labute approximate surface area is 137 Å². The molecule has 1 aromatic carbocycles. The fourth-order valence-corrected chi connectivity index (χ4v) is 4.01. The van der Waals surface area contributed by atoms with Crippen molar-refractivity contribution in [1.82, 2.24) is 0 Å². The minimum Gasteiger partial charge on any atom is -0.461 e. The number of hydrogen-bond acceptors (Lipinski definition) is 4. The molecule has 0 heterocycles. The summed E-state index contributed by atoms with van der Waals surface area (Å²) in [6.45, 7) is 15.0. The predicted molar refractivity (Wildman–Crippen MR) is 93.1 cm³/mol. The molecule has 0 aliphatic rings. The average Bonchev–Trinajstić information content (AvgIpc) is 2.20. The van der Waals surface area contributed by atoms with Crippen LogP contribution in [0.15, 0.2) is 28.0 Å². The van der Waals surface area contributed by atoms with E-state index in [2.05, 4.69) is 59.7 Å². The van der Waals surface area contributed by atoms with Crippen LogP contribution < -0.4 is 0 Å². The van der Waals surface area contributed by atoms with Gasteiger partial charge in [-0.25, -0.2) is 0 Å². The molecule has 2 nitrogen and oxygen atoms in total. The van der Waals surface area contributed by atoms with E-state index in [4.69, 9.17) is 4.74 Å². The summed E-state index contributed by atoms with van der Waals surface area (Å²) in [4.78, 5) is 13.5. The molecule has 0 aliphatic carbocycles. The number of carbonyl (C=O) groups is 1. The molecule has 0 atom stereocenters. The first-order valence-corrected chi connectivity index (χ1v) is 8.73. The highest BCUT2D eigenvalue weighted by molar-refractivity contribution is 8.01. The highest BCUT2D eigenvalue weighted by Crippen LogP contribution is 2.38. The van der Waals surface area contributed by atoms with Crippen LogP contribution in [0.2, 0.25) is 0 Å². The molecule has 0 N–H and O–H groups in total. The monoisotopic (exact) mass is 326 g/mol. The first-order chi connectivity index (χ1) is 9.44. The van der Waals surface area contributed by atoms with Gasteiger partial charge in [-0.1, -0.05) is 41.5 Å². The third-order valence-corrected chi connectivity index (χ3v) is 4.40. The van der Waals surface area contributed by atoms with Crippen LogP contribution in [-0.4, -0.2) is 15.5 Å². The molecule has 0 aromatic heterocycles. The summed E-state index contributed by atoms with van der Waals surface area (Å²) in [6, 6.07) is 6.46. The maximum atomic E-state index is 11.0. The van der Waals surface area contributed by atoms with E-state index in [0.717, 1.165) is 5.56 Å². The van der Waals surface area contributed by atoms with Gasteiger partial charge in [-0.2, -0.15) is 0 Å². The zero-order valence-corrected chi connectivity index (χ0v) is 15.7. The van der Waals surface area contributed by atoms with Gasteiger partial charge in [-0.15, -0.1) is 23.5 Å². The van der Waals surface area contributed by atoms with Crippen LogP contribution in [0, 0.1) is 0 Å². The maximum Gasteiger partial charge on any atom is 0.302 e. The summed E-state index contributed by atoms with van der Waals surface area (Å²) in [7, 11) is 0. The van der Waals surface area contributed by atoms with Gasteiger partial charge < -0.3 is 4.74 Å². The van der Waals surface area contributed by atoms with Crippen molar-refractivity contribution >= 4 is 29.5 Å². The van der Waals surface area contributed by atoms with Gasteiger partial charge in [-0.3, -0.25) is 4.79 Å². The fraction of sp³-hybridized carbons (Fsp3) is 0.588. The van der Waals surface area contributed by atoms with Gasteiger partial charge in [0.25, 0.3) is 0 Å². The van der Waals surface area contributed by atoms with Crippen LogP contribution in [0.25, 0.3) is 0 Å². The molecule has 0 amide bonds. The Morgan fingerprint density at radius 1 is 0.952 bits per heavy atom. The van der Waals surface area contributed by atoms with Crippen molar-refractivity contribution < 1.29 is 9.53 Å². The van der Waals surface area contributed by atoms with E-state index in [0.29, 0.717) is 6.61 Å². The van der Waals surface area contributed by atoms with Crippen LogP contribution in [0.5, 0.6) is 0 Å². The quantitative estimate of drug-likeness (QED) is 0.537. The lowest BCUT2D eigenvalue weighted by Gasteiger charge is -2.21. The van der Waals surface area contributed by atoms with Gasteiger partial charge in [0, 0.05) is 26.2 Å².